The highest BCUT2D eigenvalue weighted by Crippen LogP contribution is 2.38. The molecule has 1 aliphatic heterocycles. The fourth-order valence-electron chi connectivity index (χ4n) is 2.48. The normalized spacial score (nSPS) is 19.3. The van der Waals surface area contributed by atoms with E-state index >= 15 is 0 Å². The highest BCUT2D eigenvalue weighted by molar-refractivity contribution is 8.93. The summed E-state index contributed by atoms with van der Waals surface area (Å²) in [5.41, 5.74) is 6.45. The summed E-state index contributed by atoms with van der Waals surface area (Å²) in [6, 6.07) is 6.09. The average Bonchev–Trinajstić information content (AvgIpc) is 2.51. The monoisotopic (exact) mass is 386 g/mol. The molecule has 0 bridgehead atoms. The lowest BCUT2D eigenvalue weighted by molar-refractivity contribution is 0.350. The van der Waals surface area contributed by atoms with Crippen LogP contribution in [-0.4, -0.2) is 31.7 Å². The third-order valence-corrected chi connectivity index (χ3v) is 4.41. The summed E-state index contributed by atoms with van der Waals surface area (Å²) in [6.07, 6.45) is 0.809. The predicted octanol–water partition coefficient (Wildman–Crippen LogP) is 1.77. The van der Waals surface area contributed by atoms with Gasteiger partial charge in [-0.05, 0) is 29.7 Å². The first kappa shape index (κ1) is 18.6. The van der Waals surface area contributed by atoms with Crippen molar-refractivity contribution in [1.29, 1.82) is 10.7 Å². The van der Waals surface area contributed by atoms with Gasteiger partial charge in [0.2, 0.25) is 0 Å². The Labute approximate surface area is 144 Å². The van der Waals surface area contributed by atoms with Crippen LogP contribution in [0.15, 0.2) is 12.1 Å². The lowest BCUT2D eigenvalue weighted by atomic mass is 9.84. The molecule has 1 aliphatic rings. The van der Waals surface area contributed by atoms with Gasteiger partial charge in [0.25, 0.3) is 0 Å². The van der Waals surface area contributed by atoms with Crippen molar-refractivity contribution in [3.8, 4) is 17.6 Å². The number of thioether (sulfide) groups is 1. The van der Waals surface area contributed by atoms with Gasteiger partial charge in [0.1, 0.15) is 5.54 Å². The Hall–Kier alpha value is -1.43. The molecule has 0 radical (unpaired) electrons. The zero-order valence-electron chi connectivity index (χ0n) is 12.4. The van der Waals surface area contributed by atoms with Crippen LogP contribution < -0.4 is 20.5 Å². The molecule has 1 heterocycles. The number of hydrogen-bond acceptors (Lipinski definition) is 6. The van der Waals surface area contributed by atoms with E-state index in [1.165, 1.54) is 0 Å². The number of benzene rings is 1. The zero-order chi connectivity index (χ0) is 15.5. The van der Waals surface area contributed by atoms with Crippen molar-refractivity contribution in [3.63, 3.8) is 0 Å². The largest absolute Gasteiger partial charge is 0.493 e. The predicted molar refractivity (Wildman–Crippen MR) is 93.2 cm³/mol. The molecule has 0 saturated carbocycles. The number of hydrogen-bond donors (Lipinski definition) is 3. The first-order valence-electron chi connectivity index (χ1n) is 6.45. The fraction of sp³-hybridized carbons (Fsp3) is 0.429. The molecule has 1 aromatic carbocycles. The van der Waals surface area contributed by atoms with Gasteiger partial charge in [-0.25, -0.2) is 0 Å². The van der Waals surface area contributed by atoms with Crippen LogP contribution in [0.4, 0.5) is 0 Å². The maximum absolute atomic E-state index is 9.68. The van der Waals surface area contributed by atoms with Gasteiger partial charge in [-0.15, -0.1) is 17.0 Å². The lowest BCUT2D eigenvalue weighted by Crippen LogP contribution is -2.48. The smallest absolute Gasteiger partial charge is 0.161 e. The van der Waals surface area contributed by atoms with Crippen LogP contribution >= 0.6 is 28.7 Å². The van der Waals surface area contributed by atoms with Crippen molar-refractivity contribution in [2.75, 3.05) is 26.5 Å². The van der Waals surface area contributed by atoms with Crippen molar-refractivity contribution >= 4 is 33.9 Å². The molecular weight excluding hydrogens is 368 g/mol. The van der Waals surface area contributed by atoms with Crippen LogP contribution in [0, 0.1) is 16.7 Å². The fourth-order valence-corrected chi connectivity index (χ4v) is 3.17. The zero-order valence-corrected chi connectivity index (χ0v) is 15.0. The molecule has 0 aromatic heterocycles. The number of rotatable bonds is 4. The first-order chi connectivity index (χ1) is 10.1. The molecule has 8 heteroatoms. The number of fused-ring (bicyclic) bond motifs is 1. The molecule has 0 amide bonds. The molecule has 120 valence electrons. The molecule has 4 N–H and O–H groups in total. The third-order valence-electron chi connectivity index (χ3n) is 3.53. The Morgan fingerprint density at radius 3 is 2.64 bits per heavy atom. The van der Waals surface area contributed by atoms with Gasteiger partial charge in [-0.3, -0.25) is 10.7 Å². The minimum absolute atomic E-state index is 0. The van der Waals surface area contributed by atoms with E-state index < -0.39 is 5.54 Å². The van der Waals surface area contributed by atoms with Gasteiger partial charge in [0.15, 0.2) is 16.7 Å². The third kappa shape index (κ3) is 3.48. The molecule has 22 heavy (non-hydrogen) atoms. The molecule has 0 spiro atoms. The maximum atomic E-state index is 9.68. The van der Waals surface area contributed by atoms with E-state index in [0.717, 1.165) is 29.3 Å². The van der Waals surface area contributed by atoms with Gasteiger partial charge in [-0.1, -0.05) is 11.8 Å². The summed E-state index contributed by atoms with van der Waals surface area (Å²) < 4.78 is 10.6. The van der Waals surface area contributed by atoms with E-state index in [4.69, 9.17) is 20.6 Å². The second kappa shape index (κ2) is 7.72. The average molecular weight is 387 g/mol. The van der Waals surface area contributed by atoms with Gasteiger partial charge >= 0.3 is 0 Å². The van der Waals surface area contributed by atoms with E-state index in [2.05, 4.69) is 11.4 Å². The van der Waals surface area contributed by atoms with Crippen molar-refractivity contribution in [1.82, 2.24) is 5.32 Å². The SMILES string of the molecule is Br.COc1cc2c(cc1OC)C(C#N)(CSC(=N)N)NCC2. The first-order valence-corrected chi connectivity index (χ1v) is 7.43. The number of nitrogens with zero attached hydrogens (tertiary/aromatic N) is 1. The highest BCUT2D eigenvalue weighted by Gasteiger charge is 2.38. The van der Waals surface area contributed by atoms with Crippen molar-refractivity contribution < 1.29 is 9.47 Å². The summed E-state index contributed by atoms with van der Waals surface area (Å²) in [5, 5.41) is 20.3. The van der Waals surface area contributed by atoms with Crippen molar-refractivity contribution in [3.05, 3.63) is 23.3 Å². The summed E-state index contributed by atoms with van der Waals surface area (Å²) in [4.78, 5) is 0. The number of methoxy groups -OCH3 is 2. The van der Waals surface area contributed by atoms with Gasteiger partial charge in [-0.2, -0.15) is 5.26 Å². The van der Waals surface area contributed by atoms with Crippen molar-refractivity contribution in [2.45, 2.75) is 12.0 Å². The number of nitrogens with two attached hydrogens (primary N) is 1. The Balaban J connectivity index is 0.00000242. The van der Waals surface area contributed by atoms with Crippen LogP contribution in [0.1, 0.15) is 11.1 Å². The summed E-state index contributed by atoms with van der Waals surface area (Å²) in [7, 11) is 3.16. The quantitative estimate of drug-likeness (QED) is 0.537. The van der Waals surface area contributed by atoms with E-state index in [9.17, 15) is 5.26 Å². The number of nitrogens with one attached hydrogen (secondary N) is 2. The molecule has 2 rings (SSSR count). The van der Waals surface area contributed by atoms with Crippen LogP contribution in [-0.2, 0) is 12.0 Å². The molecular formula is C14H19BrN4O2S. The van der Waals surface area contributed by atoms with Crippen LogP contribution in [0.25, 0.3) is 0 Å². The Bertz CT molecular complexity index is 605. The molecule has 0 saturated heterocycles. The molecule has 1 aromatic rings. The van der Waals surface area contributed by atoms with Gasteiger partial charge in [0.05, 0.1) is 20.3 Å². The molecule has 0 aliphatic carbocycles. The number of halogens is 1. The van der Waals surface area contributed by atoms with E-state index in [-0.39, 0.29) is 22.1 Å². The Morgan fingerprint density at radius 2 is 2.09 bits per heavy atom. The second-order valence-electron chi connectivity index (χ2n) is 4.71. The lowest BCUT2D eigenvalue weighted by Gasteiger charge is -2.34. The Morgan fingerprint density at radius 1 is 1.45 bits per heavy atom. The number of amidine groups is 1. The van der Waals surface area contributed by atoms with Crippen molar-refractivity contribution in [2.24, 2.45) is 5.73 Å². The highest BCUT2D eigenvalue weighted by atomic mass is 79.9. The summed E-state index contributed by atoms with van der Waals surface area (Å²) >= 11 is 1.15. The topological polar surface area (TPSA) is 104 Å². The molecule has 6 nitrogen and oxygen atoms in total. The van der Waals surface area contributed by atoms with Gasteiger partial charge < -0.3 is 15.2 Å². The molecule has 1 atom stereocenters. The standard InChI is InChI=1S/C14H18N4O2S.BrH/c1-19-11-5-9-3-4-18-14(7-15,8-21-13(16)17)10(9)6-12(11)20-2;/h5-6,18H,3-4,8H2,1-2H3,(H3,16,17);1H. The van der Waals surface area contributed by atoms with Crippen LogP contribution in [0.3, 0.4) is 0 Å². The minimum Gasteiger partial charge on any atom is -0.493 e. The molecule has 1 unspecified atom stereocenters. The van der Waals surface area contributed by atoms with E-state index in [1.54, 1.807) is 14.2 Å². The summed E-state index contributed by atoms with van der Waals surface area (Å²) in [5.74, 6) is 1.62. The maximum Gasteiger partial charge on any atom is 0.161 e. The van der Waals surface area contributed by atoms with Crippen LogP contribution in [0.2, 0.25) is 0 Å². The minimum atomic E-state index is -0.872. The van der Waals surface area contributed by atoms with E-state index in [0.29, 0.717) is 23.8 Å². The second-order valence-corrected chi connectivity index (χ2v) is 5.73. The van der Waals surface area contributed by atoms with Crippen LogP contribution in [0.5, 0.6) is 11.5 Å². The molecule has 0 fully saturated rings. The summed E-state index contributed by atoms with van der Waals surface area (Å²) in [6.45, 7) is 0.689. The Kier molecular flexibility index (Phi) is 6.53. The van der Waals surface area contributed by atoms with Gasteiger partial charge in [0, 0.05) is 12.3 Å². The number of nitriles is 1. The number of ether oxygens (including phenoxy) is 2. The van der Waals surface area contributed by atoms with E-state index in [1.807, 2.05) is 12.1 Å².